The van der Waals surface area contributed by atoms with Crippen molar-refractivity contribution >= 4 is 23.2 Å². The summed E-state index contributed by atoms with van der Waals surface area (Å²) in [5.74, 6) is 1.43. The number of hydrogen-bond acceptors (Lipinski definition) is 7. The Kier molecular flexibility index (Phi) is 7.01. The van der Waals surface area contributed by atoms with Crippen LogP contribution in [0, 0.1) is 0 Å². The topological polar surface area (TPSA) is 88.4 Å². The molecule has 1 saturated heterocycles. The lowest BCUT2D eigenvalue weighted by molar-refractivity contribution is -0.121. The Morgan fingerprint density at radius 3 is 2.50 bits per heavy atom. The van der Waals surface area contributed by atoms with E-state index in [0.717, 1.165) is 36.5 Å². The van der Waals surface area contributed by atoms with Gasteiger partial charge in [-0.3, -0.25) is 14.5 Å². The second kappa shape index (κ2) is 10.4. The zero-order valence-electron chi connectivity index (χ0n) is 22.4. The number of oxazole rings is 1. The van der Waals surface area contributed by atoms with Crippen LogP contribution in [0.3, 0.4) is 0 Å². The first-order valence-electron chi connectivity index (χ1n) is 13.0. The summed E-state index contributed by atoms with van der Waals surface area (Å²) in [5, 5.41) is 0. The summed E-state index contributed by atoms with van der Waals surface area (Å²) in [7, 11) is 1.65. The summed E-state index contributed by atoms with van der Waals surface area (Å²) in [5.41, 5.74) is 3.13. The molecule has 0 spiro atoms. The van der Waals surface area contributed by atoms with Crippen LogP contribution in [-0.2, 0) is 16.8 Å². The van der Waals surface area contributed by atoms with Gasteiger partial charge >= 0.3 is 0 Å². The molecule has 3 heterocycles. The van der Waals surface area contributed by atoms with Crippen LogP contribution in [-0.4, -0.2) is 61.6 Å². The van der Waals surface area contributed by atoms with Gasteiger partial charge in [0.25, 0.3) is 11.8 Å². The average Bonchev–Trinajstić information content (AvgIpc) is 3.42. The van der Waals surface area contributed by atoms with Crippen LogP contribution in [0.25, 0.3) is 0 Å². The van der Waals surface area contributed by atoms with E-state index < -0.39 is 0 Å². The molecule has 1 aromatic heterocycles. The van der Waals surface area contributed by atoms with Crippen molar-refractivity contribution in [3.63, 3.8) is 0 Å². The first-order valence-corrected chi connectivity index (χ1v) is 13.0. The van der Waals surface area contributed by atoms with Crippen molar-refractivity contribution in [2.45, 2.75) is 39.2 Å². The molecule has 1 fully saturated rings. The molecule has 2 amide bonds. The molecule has 0 unspecified atom stereocenters. The van der Waals surface area contributed by atoms with Crippen molar-refractivity contribution in [3.8, 4) is 11.5 Å². The van der Waals surface area contributed by atoms with E-state index in [2.05, 4.69) is 30.7 Å². The molecular weight excluding hydrogens is 484 g/mol. The van der Waals surface area contributed by atoms with Crippen LogP contribution in [0.5, 0.6) is 11.5 Å². The van der Waals surface area contributed by atoms with Gasteiger partial charge in [0.1, 0.15) is 24.3 Å². The second-order valence-corrected chi connectivity index (χ2v) is 10.3. The molecular formula is C29H34N4O5. The van der Waals surface area contributed by atoms with Gasteiger partial charge in [-0.05, 0) is 53.8 Å². The minimum absolute atomic E-state index is 0.0406. The summed E-state index contributed by atoms with van der Waals surface area (Å²) in [6.45, 7) is 9.18. The number of amides is 2. The largest absolute Gasteiger partial charge is 0.497 e. The molecule has 0 radical (unpaired) electrons. The van der Waals surface area contributed by atoms with E-state index in [4.69, 9.17) is 13.9 Å². The third-order valence-electron chi connectivity index (χ3n) is 7.64. The van der Waals surface area contributed by atoms with Gasteiger partial charge in [0, 0.05) is 31.9 Å². The summed E-state index contributed by atoms with van der Waals surface area (Å²) in [6, 6.07) is 13.9. The standard InChI is InChI=1S/C29H34N4O5/c1-5-29(2,3)20-6-11-25-24(16-20)33(27(34)19-37-25)17-26-30-23(18-38-26)28(35)32-14-12-31(13-15-32)21-7-9-22(36-4)10-8-21/h6-11,16,18H,5,12-15,17,19H2,1-4H3. The maximum absolute atomic E-state index is 13.2. The monoisotopic (exact) mass is 518 g/mol. The summed E-state index contributed by atoms with van der Waals surface area (Å²) in [4.78, 5) is 36.1. The Morgan fingerprint density at radius 2 is 1.82 bits per heavy atom. The number of rotatable bonds is 7. The fraction of sp³-hybridized carbons (Fsp3) is 0.414. The number of fused-ring (bicyclic) bond motifs is 1. The van der Waals surface area contributed by atoms with E-state index >= 15 is 0 Å². The maximum atomic E-state index is 13.2. The van der Waals surface area contributed by atoms with Crippen molar-refractivity contribution in [2.24, 2.45) is 0 Å². The van der Waals surface area contributed by atoms with E-state index in [1.54, 1.807) is 16.9 Å². The highest BCUT2D eigenvalue weighted by Gasteiger charge is 2.30. The van der Waals surface area contributed by atoms with Crippen LogP contribution in [0.1, 0.15) is 49.1 Å². The zero-order chi connectivity index (χ0) is 26.9. The molecule has 2 aliphatic heterocycles. The molecule has 0 N–H and O–H groups in total. The van der Waals surface area contributed by atoms with Gasteiger partial charge in [-0.15, -0.1) is 0 Å². The first kappa shape index (κ1) is 25.6. The van der Waals surface area contributed by atoms with Crippen molar-refractivity contribution in [2.75, 3.05) is 49.7 Å². The van der Waals surface area contributed by atoms with Crippen LogP contribution in [0.4, 0.5) is 11.4 Å². The molecule has 3 aromatic rings. The Labute approximate surface area is 222 Å². The molecule has 38 heavy (non-hydrogen) atoms. The van der Waals surface area contributed by atoms with Crippen LogP contribution >= 0.6 is 0 Å². The van der Waals surface area contributed by atoms with Gasteiger partial charge in [0.2, 0.25) is 5.89 Å². The van der Waals surface area contributed by atoms with Gasteiger partial charge < -0.3 is 23.7 Å². The van der Waals surface area contributed by atoms with Gasteiger partial charge in [-0.25, -0.2) is 4.98 Å². The van der Waals surface area contributed by atoms with E-state index in [1.807, 2.05) is 42.5 Å². The normalized spacial score (nSPS) is 15.8. The molecule has 5 rings (SSSR count). The number of benzene rings is 2. The Morgan fingerprint density at radius 1 is 1.08 bits per heavy atom. The first-order chi connectivity index (χ1) is 18.3. The highest BCUT2D eigenvalue weighted by molar-refractivity contribution is 5.98. The molecule has 2 aliphatic rings. The van der Waals surface area contributed by atoms with Crippen LogP contribution in [0.15, 0.2) is 53.1 Å². The van der Waals surface area contributed by atoms with Gasteiger partial charge in [-0.1, -0.05) is 26.8 Å². The second-order valence-electron chi connectivity index (χ2n) is 10.3. The van der Waals surface area contributed by atoms with Crippen LogP contribution in [0.2, 0.25) is 0 Å². The number of anilines is 2. The third-order valence-corrected chi connectivity index (χ3v) is 7.64. The number of aromatic nitrogens is 1. The minimum Gasteiger partial charge on any atom is -0.497 e. The molecule has 0 atom stereocenters. The minimum atomic E-state index is -0.176. The van der Waals surface area contributed by atoms with Crippen molar-refractivity contribution < 1.29 is 23.5 Å². The highest BCUT2D eigenvalue weighted by atomic mass is 16.5. The smallest absolute Gasteiger partial charge is 0.275 e. The van der Waals surface area contributed by atoms with E-state index in [-0.39, 0.29) is 36.1 Å². The molecule has 200 valence electrons. The zero-order valence-corrected chi connectivity index (χ0v) is 22.4. The molecule has 0 bridgehead atoms. The predicted molar refractivity (Wildman–Crippen MR) is 144 cm³/mol. The third kappa shape index (κ3) is 5.05. The number of nitrogens with zero attached hydrogens (tertiary/aromatic N) is 4. The lowest BCUT2D eigenvalue weighted by Crippen LogP contribution is -2.48. The summed E-state index contributed by atoms with van der Waals surface area (Å²) in [6.07, 6.45) is 2.34. The van der Waals surface area contributed by atoms with Crippen molar-refractivity contribution in [3.05, 3.63) is 65.9 Å². The molecule has 9 heteroatoms. The SMILES string of the molecule is CCC(C)(C)c1ccc2c(c1)N(Cc1nc(C(=O)N3CCN(c4ccc(OC)cc4)CC3)co1)C(=O)CO2. The number of hydrogen-bond donors (Lipinski definition) is 0. The Balaban J connectivity index is 1.25. The van der Waals surface area contributed by atoms with Crippen molar-refractivity contribution in [1.82, 2.24) is 9.88 Å². The number of carbonyl (C=O) groups excluding carboxylic acids is 2. The summed E-state index contributed by atoms with van der Waals surface area (Å²) < 4.78 is 16.6. The highest BCUT2D eigenvalue weighted by Crippen LogP contribution is 2.38. The van der Waals surface area contributed by atoms with Gasteiger partial charge in [-0.2, -0.15) is 0 Å². The Bertz CT molecular complexity index is 1310. The van der Waals surface area contributed by atoms with Gasteiger partial charge in [0.15, 0.2) is 12.3 Å². The maximum Gasteiger partial charge on any atom is 0.275 e. The van der Waals surface area contributed by atoms with Crippen molar-refractivity contribution in [1.29, 1.82) is 0 Å². The van der Waals surface area contributed by atoms with Crippen LogP contribution < -0.4 is 19.3 Å². The molecule has 0 saturated carbocycles. The lowest BCUT2D eigenvalue weighted by atomic mass is 9.82. The molecule has 0 aliphatic carbocycles. The predicted octanol–water partition coefficient (Wildman–Crippen LogP) is 4.26. The molecule has 2 aromatic carbocycles. The average molecular weight is 519 g/mol. The number of ether oxygens (including phenoxy) is 2. The van der Waals surface area contributed by atoms with E-state index in [0.29, 0.717) is 30.4 Å². The number of methoxy groups -OCH3 is 1. The lowest BCUT2D eigenvalue weighted by Gasteiger charge is -2.35. The molecule has 9 nitrogen and oxygen atoms in total. The quantitative estimate of drug-likeness (QED) is 0.462. The fourth-order valence-electron chi connectivity index (χ4n) is 4.74. The van der Waals surface area contributed by atoms with Gasteiger partial charge in [0.05, 0.1) is 12.8 Å². The number of carbonyl (C=O) groups is 2. The number of piperazine rings is 1. The van der Waals surface area contributed by atoms with E-state index in [1.165, 1.54) is 6.26 Å². The summed E-state index contributed by atoms with van der Waals surface area (Å²) >= 11 is 0. The van der Waals surface area contributed by atoms with E-state index in [9.17, 15) is 9.59 Å². The Hall–Kier alpha value is -4.01. The fourth-order valence-corrected chi connectivity index (χ4v) is 4.74.